The van der Waals surface area contributed by atoms with Crippen LogP contribution in [0.2, 0.25) is 0 Å². The van der Waals surface area contributed by atoms with E-state index in [2.05, 4.69) is 21.9 Å². The van der Waals surface area contributed by atoms with Gasteiger partial charge in [0.25, 0.3) is 0 Å². The van der Waals surface area contributed by atoms with Gasteiger partial charge in [-0.3, -0.25) is 9.80 Å². The van der Waals surface area contributed by atoms with E-state index in [4.69, 9.17) is 14.2 Å². The van der Waals surface area contributed by atoms with Crippen molar-refractivity contribution >= 4 is 0 Å². The van der Waals surface area contributed by atoms with Crippen molar-refractivity contribution in [2.24, 2.45) is 0 Å². The maximum atomic E-state index is 10.2. The van der Waals surface area contributed by atoms with Crippen molar-refractivity contribution in [1.82, 2.24) is 9.80 Å². The van der Waals surface area contributed by atoms with E-state index < -0.39 is 6.10 Å². The van der Waals surface area contributed by atoms with Gasteiger partial charge < -0.3 is 19.3 Å². The zero-order chi connectivity index (χ0) is 18.5. The predicted molar refractivity (Wildman–Crippen MR) is 102 cm³/mol. The third-order valence-corrected chi connectivity index (χ3v) is 4.96. The van der Waals surface area contributed by atoms with Crippen LogP contribution in [-0.4, -0.2) is 67.1 Å². The summed E-state index contributed by atoms with van der Waals surface area (Å²) in [4.78, 5) is 4.73. The lowest BCUT2D eigenvalue weighted by Gasteiger charge is -2.35. The van der Waals surface area contributed by atoms with E-state index in [-0.39, 0.29) is 0 Å². The van der Waals surface area contributed by atoms with Crippen LogP contribution in [0.3, 0.4) is 0 Å². The third-order valence-electron chi connectivity index (χ3n) is 4.96. The fourth-order valence-electron chi connectivity index (χ4n) is 3.49. The lowest BCUT2D eigenvalue weighted by atomic mass is 10.1. The number of benzene rings is 2. The summed E-state index contributed by atoms with van der Waals surface area (Å²) in [6.45, 7) is 6.06. The summed E-state index contributed by atoms with van der Waals surface area (Å²) < 4.78 is 16.5. The second-order valence-corrected chi connectivity index (χ2v) is 7.04. The average molecular weight is 370 g/mol. The van der Waals surface area contributed by atoms with Crippen molar-refractivity contribution in [2.75, 3.05) is 46.1 Å². The third kappa shape index (κ3) is 4.91. The van der Waals surface area contributed by atoms with Gasteiger partial charge in [-0.2, -0.15) is 0 Å². The fraction of sp³-hybridized carbons (Fsp3) is 0.429. The lowest BCUT2D eigenvalue weighted by molar-refractivity contribution is 0.0446. The molecule has 0 amide bonds. The van der Waals surface area contributed by atoms with E-state index in [1.165, 1.54) is 5.56 Å². The van der Waals surface area contributed by atoms with E-state index in [1.807, 2.05) is 36.4 Å². The monoisotopic (exact) mass is 370 g/mol. The molecule has 0 radical (unpaired) electrons. The molecule has 2 heterocycles. The summed E-state index contributed by atoms with van der Waals surface area (Å²) in [5.74, 6) is 2.47. The molecule has 2 aliphatic heterocycles. The maximum absolute atomic E-state index is 10.2. The standard InChI is InChI=1S/C21H26N2O4/c24-18(15-25-19-4-2-1-3-5-19)14-23-10-8-22(9-11-23)13-17-6-7-20-21(12-17)27-16-26-20/h1-7,12,18,24H,8-11,13-16H2/t18-/m0/s1. The van der Waals surface area contributed by atoms with Gasteiger partial charge in [0.05, 0.1) is 0 Å². The van der Waals surface area contributed by atoms with Crippen LogP contribution in [0.4, 0.5) is 0 Å². The molecule has 6 heteroatoms. The molecular weight excluding hydrogens is 344 g/mol. The number of hydrogen-bond acceptors (Lipinski definition) is 6. The molecule has 1 atom stereocenters. The number of nitrogens with zero attached hydrogens (tertiary/aromatic N) is 2. The number of piperazine rings is 1. The minimum absolute atomic E-state index is 0.313. The molecule has 1 N–H and O–H groups in total. The molecule has 1 saturated heterocycles. The van der Waals surface area contributed by atoms with Crippen molar-refractivity contribution in [2.45, 2.75) is 12.6 Å². The highest BCUT2D eigenvalue weighted by Crippen LogP contribution is 2.32. The second-order valence-electron chi connectivity index (χ2n) is 7.04. The summed E-state index contributed by atoms with van der Waals surface area (Å²) in [6, 6.07) is 15.8. The van der Waals surface area contributed by atoms with Gasteiger partial charge in [-0.25, -0.2) is 0 Å². The highest BCUT2D eigenvalue weighted by Gasteiger charge is 2.20. The summed E-state index contributed by atoms with van der Waals surface area (Å²) in [6.07, 6.45) is -0.481. The van der Waals surface area contributed by atoms with Crippen LogP contribution in [-0.2, 0) is 6.54 Å². The van der Waals surface area contributed by atoms with Gasteiger partial charge in [0.15, 0.2) is 11.5 Å². The highest BCUT2D eigenvalue weighted by atomic mass is 16.7. The Bertz CT molecular complexity index is 732. The number of β-amino-alcohol motifs (C(OH)–C–C–N with tert-alkyl or cyclic N) is 1. The van der Waals surface area contributed by atoms with Gasteiger partial charge in [0.1, 0.15) is 18.5 Å². The average Bonchev–Trinajstić information content (AvgIpc) is 3.17. The normalized spacial score (nSPS) is 18.4. The van der Waals surface area contributed by atoms with E-state index in [0.29, 0.717) is 19.9 Å². The topological polar surface area (TPSA) is 54.4 Å². The zero-order valence-corrected chi connectivity index (χ0v) is 15.4. The van der Waals surface area contributed by atoms with Crippen molar-refractivity contribution < 1.29 is 19.3 Å². The van der Waals surface area contributed by atoms with Crippen LogP contribution in [0.15, 0.2) is 48.5 Å². The number of hydrogen-bond donors (Lipinski definition) is 1. The van der Waals surface area contributed by atoms with Crippen LogP contribution in [0.5, 0.6) is 17.2 Å². The molecule has 0 aromatic heterocycles. The second kappa shape index (κ2) is 8.61. The van der Waals surface area contributed by atoms with Crippen LogP contribution < -0.4 is 14.2 Å². The predicted octanol–water partition coefficient (Wildman–Crippen LogP) is 1.97. The molecule has 4 rings (SSSR count). The van der Waals surface area contributed by atoms with E-state index >= 15 is 0 Å². The Morgan fingerprint density at radius 1 is 0.926 bits per heavy atom. The highest BCUT2D eigenvalue weighted by molar-refractivity contribution is 5.44. The SMILES string of the molecule is O[C@H](COc1ccccc1)CN1CCN(Cc2ccc3c(c2)OCO3)CC1. The Morgan fingerprint density at radius 3 is 2.48 bits per heavy atom. The van der Waals surface area contributed by atoms with Gasteiger partial charge in [0.2, 0.25) is 6.79 Å². The van der Waals surface area contributed by atoms with Gasteiger partial charge in [-0.05, 0) is 29.8 Å². The van der Waals surface area contributed by atoms with Crippen molar-refractivity contribution in [3.05, 3.63) is 54.1 Å². The fourth-order valence-corrected chi connectivity index (χ4v) is 3.49. The largest absolute Gasteiger partial charge is 0.491 e. The molecule has 0 spiro atoms. The van der Waals surface area contributed by atoms with Crippen LogP contribution in [0, 0.1) is 0 Å². The lowest BCUT2D eigenvalue weighted by Crippen LogP contribution is -2.48. The molecule has 6 nitrogen and oxygen atoms in total. The molecular formula is C21H26N2O4. The molecule has 1 fully saturated rings. The number of ether oxygens (including phenoxy) is 3. The van der Waals surface area contributed by atoms with Crippen LogP contribution in [0.25, 0.3) is 0 Å². The number of rotatable bonds is 7. The summed E-state index contributed by atoms with van der Waals surface area (Å²) in [7, 11) is 0. The van der Waals surface area contributed by atoms with Crippen molar-refractivity contribution in [1.29, 1.82) is 0 Å². The molecule has 0 saturated carbocycles. The molecule has 2 aromatic rings. The van der Waals surface area contributed by atoms with Gasteiger partial charge in [-0.1, -0.05) is 24.3 Å². The number of fused-ring (bicyclic) bond motifs is 1. The first-order valence-electron chi connectivity index (χ1n) is 9.45. The maximum Gasteiger partial charge on any atom is 0.231 e. The van der Waals surface area contributed by atoms with Gasteiger partial charge >= 0.3 is 0 Å². The van der Waals surface area contributed by atoms with Crippen molar-refractivity contribution in [3.8, 4) is 17.2 Å². The number of aliphatic hydroxyl groups is 1. The van der Waals surface area contributed by atoms with Crippen LogP contribution in [0.1, 0.15) is 5.56 Å². The quantitative estimate of drug-likeness (QED) is 0.804. The molecule has 0 bridgehead atoms. The Balaban J connectivity index is 1.18. The number of aliphatic hydroxyl groups excluding tert-OH is 1. The Labute approximate surface area is 159 Å². The first kappa shape index (κ1) is 18.1. The molecule has 0 aliphatic carbocycles. The van der Waals surface area contributed by atoms with Gasteiger partial charge in [0, 0.05) is 39.3 Å². The first-order chi connectivity index (χ1) is 13.3. The Kier molecular flexibility index (Phi) is 5.77. The smallest absolute Gasteiger partial charge is 0.231 e. The first-order valence-corrected chi connectivity index (χ1v) is 9.45. The minimum atomic E-state index is -0.481. The van der Waals surface area contributed by atoms with Crippen molar-refractivity contribution in [3.63, 3.8) is 0 Å². The zero-order valence-electron chi connectivity index (χ0n) is 15.4. The van der Waals surface area contributed by atoms with Crippen LogP contribution >= 0.6 is 0 Å². The number of para-hydroxylation sites is 1. The molecule has 144 valence electrons. The Morgan fingerprint density at radius 2 is 1.67 bits per heavy atom. The molecule has 0 unspecified atom stereocenters. The van der Waals surface area contributed by atoms with E-state index in [9.17, 15) is 5.11 Å². The molecule has 27 heavy (non-hydrogen) atoms. The molecule has 2 aromatic carbocycles. The Hall–Kier alpha value is -2.28. The minimum Gasteiger partial charge on any atom is -0.491 e. The molecule has 2 aliphatic rings. The van der Waals surface area contributed by atoms with E-state index in [0.717, 1.165) is 50.0 Å². The summed E-state index contributed by atoms with van der Waals surface area (Å²) in [5, 5.41) is 10.2. The summed E-state index contributed by atoms with van der Waals surface area (Å²) in [5.41, 5.74) is 1.24. The summed E-state index contributed by atoms with van der Waals surface area (Å²) >= 11 is 0. The van der Waals surface area contributed by atoms with E-state index in [1.54, 1.807) is 0 Å². The van der Waals surface area contributed by atoms with Gasteiger partial charge in [-0.15, -0.1) is 0 Å².